The molecule has 9 rings (SSSR count). The number of fused-ring (bicyclic) bond motifs is 20. The second kappa shape index (κ2) is 8.91. The lowest BCUT2D eigenvalue weighted by atomic mass is 10.0. The number of hydrogen-bond donors (Lipinski definition) is 4. The van der Waals surface area contributed by atoms with E-state index in [-0.39, 0.29) is 11.0 Å². The minimum Gasteiger partial charge on any atom is -0.354 e. The molecule has 0 atom stereocenters. The number of alkyl halides is 3. The van der Waals surface area contributed by atoms with E-state index in [9.17, 15) is 0 Å². The first-order chi connectivity index (χ1) is 21.4. The van der Waals surface area contributed by atoms with Gasteiger partial charge in [-0.05, 0) is 18.2 Å². The highest BCUT2D eigenvalue weighted by atomic mass is 19.4. The summed E-state index contributed by atoms with van der Waals surface area (Å²) >= 11 is 0. The summed E-state index contributed by atoms with van der Waals surface area (Å²) in [5.41, 5.74) is 1.60. The van der Waals surface area contributed by atoms with Crippen molar-refractivity contribution >= 4 is 66.9 Å². The number of aromatic amines is 4. The molecule has 0 unspecified atom stereocenters. The van der Waals surface area contributed by atoms with Crippen LogP contribution in [0.4, 0.5) is 13.2 Å². The zero-order valence-electron chi connectivity index (χ0n) is 23.1. The molecule has 212 valence electrons. The first-order valence-electron chi connectivity index (χ1n) is 14.4. The SMILES string of the molecule is FC(F)(F)C1=c2[nH]c(c3ccccc23)=Cc2[nH]c(c3ccccc23)C=c2[nH]c(c3ccccc23)=Cc2[nH]c1c1ccccc21. The van der Waals surface area contributed by atoms with Gasteiger partial charge in [-0.25, -0.2) is 0 Å². The van der Waals surface area contributed by atoms with Gasteiger partial charge in [0.05, 0.1) is 11.0 Å². The van der Waals surface area contributed by atoms with Crippen LogP contribution in [-0.4, -0.2) is 26.1 Å². The van der Waals surface area contributed by atoms with E-state index in [1.165, 1.54) is 0 Å². The van der Waals surface area contributed by atoms with E-state index < -0.39 is 11.7 Å². The van der Waals surface area contributed by atoms with Gasteiger partial charge in [0.2, 0.25) is 0 Å². The third kappa shape index (κ3) is 3.59. The van der Waals surface area contributed by atoms with Crippen molar-refractivity contribution < 1.29 is 13.2 Å². The number of benzene rings is 4. The molecule has 5 heterocycles. The molecule has 8 aromatic rings. The van der Waals surface area contributed by atoms with E-state index in [2.05, 4.69) is 38.1 Å². The predicted molar refractivity (Wildman–Crippen MR) is 171 cm³/mol. The maximum Gasteiger partial charge on any atom is 0.420 e. The Morgan fingerprint density at radius 3 is 1.30 bits per heavy atom. The first kappa shape index (κ1) is 24.9. The molecule has 4 aromatic heterocycles. The van der Waals surface area contributed by atoms with Gasteiger partial charge in [-0.1, -0.05) is 97.1 Å². The van der Waals surface area contributed by atoms with Crippen molar-refractivity contribution in [2.24, 2.45) is 0 Å². The fourth-order valence-electron chi connectivity index (χ4n) is 6.79. The molecule has 0 fully saturated rings. The number of hydrogen-bond acceptors (Lipinski definition) is 0. The standard InChI is InChI=1S/C37H23F3N4/c38-37(39,40)34-35-26-15-7-5-13-24(26)32(43-35)18-30-22-11-3-1-9-20(22)28(41-30)17-29-21-10-2-4-12-23(21)31(42-29)19-33-25-14-6-8-16-27(25)36(34)44-33/h1-19,41-44H. The van der Waals surface area contributed by atoms with Gasteiger partial charge in [-0.15, -0.1) is 0 Å². The Kier molecular flexibility index (Phi) is 5.03. The van der Waals surface area contributed by atoms with E-state index in [0.29, 0.717) is 32.6 Å². The molecule has 4 N–H and O–H groups in total. The monoisotopic (exact) mass is 580 g/mol. The Bertz CT molecular complexity index is 2710. The lowest BCUT2D eigenvalue weighted by molar-refractivity contribution is -0.0696. The van der Waals surface area contributed by atoms with Gasteiger partial charge >= 0.3 is 6.18 Å². The normalized spacial score (nSPS) is 13.4. The van der Waals surface area contributed by atoms with Gasteiger partial charge in [-0.3, -0.25) is 0 Å². The highest BCUT2D eigenvalue weighted by Gasteiger charge is 2.38. The Labute approximate surface area is 247 Å². The van der Waals surface area contributed by atoms with Gasteiger partial charge in [0.25, 0.3) is 0 Å². The minimum atomic E-state index is -4.66. The average Bonchev–Trinajstić information content (AvgIpc) is 3.76. The van der Waals surface area contributed by atoms with Crippen LogP contribution in [-0.2, 0) is 0 Å². The van der Waals surface area contributed by atoms with Crippen molar-refractivity contribution in [3.05, 3.63) is 141 Å². The number of halogens is 3. The molecule has 4 nitrogen and oxygen atoms in total. The number of rotatable bonds is 0. The van der Waals surface area contributed by atoms with Crippen LogP contribution in [0.1, 0.15) is 22.8 Å². The number of aromatic nitrogens is 4. The second-order valence-electron chi connectivity index (χ2n) is 11.2. The third-order valence-corrected chi connectivity index (χ3v) is 8.70. The van der Waals surface area contributed by atoms with Crippen LogP contribution in [0.15, 0.2) is 97.1 Å². The summed E-state index contributed by atoms with van der Waals surface area (Å²) in [6.45, 7) is 0. The van der Waals surface area contributed by atoms with Crippen molar-refractivity contribution in [3.8, 4) is 0 Å². The van der Waals surface area contributed by atoms with Crippen molar-refractivity contribution in [1.29, 1.82) is 0 Å². The third-order valence-electron chi connectivity index (χ3n) is 8.70. The molecule has 1 aliphatic heterocycles. The molecule has 0 amide bonds. The molecule has 7 heteroatoms. The van der Waals surface area contributed by atoms with E-state index >= 15 is 13.2 Å². The first-order valence-corrected chi connectivity index (χ1v) is 14.4. The quantitative estimate of drug-likeness (QED) is 0.166. The Morgan fingerprint density at radius 1 is 0.386 bits per heavy atom. The topological polar surface area (TPSA) is 63.2 Å². The maximum atomic E-state index is 15.3. The van der Waals surface area contributed by atoms with Crippen molar-refractivity contribution in [2.45, 2.75) is 6.18 Å². The molecule has 0 radical (unpaired) electrons. The Balaban J connectivity index is 1.56. The van der Waals surface area contributed by atoms with E-state index in [1.807, 2.05) is 72.8 Å². The summed E-state index contributed by atoms with van der Waals surface area (Å²) in [7, 11) is 0. The summed E-state index contributed by atoms with van der Waals surface area (Å²) in [6.07, 6.45) is 1.28. The zero-order valence-corrected chi connectivity index (χ0v) is 23.1. The van der Waals surface area contributed by atoms with Gasteiger partial charge < -0.3 is 19.9 Å². The van der Waals surface area contributed by atoms with Gasteiger partial charge in [0, 0.05) is 76.2 Å². The predicted octanol–water partition coefficient (Wildman–Crippen LogP) is 6.17. The summed E-state index contributed by atoms with van der Waals surface area (Å²) in [4.78, 5) is 13.5. The van der Waals surface area contributed by atoms with Crippen LogP contribution in [0.5, 0.6) is 0 Å². The molecule has 8 bridgehead atoms. The van der Waals surface area contributed by atoms with Crippen LogP contribution in [0.25, 0.3) is 66.9 Å². The van der Waals surface area contributed by atoms with E-state index in [4.69, 9.17) is 0 Å². The lowest BCUT2D eigenvalue weighted by Gasteiger charge is -2.11. The van der Waals surface area contributed by atoms with Crippen LogP contribution in [0.3, 0.4) is 0 Å². The summed E-state index contributed by atoms with van der Waals surface area (Å²) in [5, 5.41) is 8.75. The average molecular weight is 581 g/mol. The Morgan fingerprint density at radius 2 is 0.773 bits per heavy atom. The fraction of sp³-hybridized carbons (Fsp3) is 0.0270. The van der Waals surface area contributed by atoms with Crippen LogP contribution >= 0.6 is 0 Å². The molecule has 0 spiro atoms. The van der Waals surface area contributed by atoms with Gasteiger partial charge in [-0.2, -0.15) is 13.2 Å². The molecular formula is C37H23F3N4. The second-order valence-corrected chi connectivity index (χ2v) is 11.2. The number of nitrogens with one attached hydrogen (secondary N) is 4. The van der Waals surface area contributed by atoms with Crippen molar-refractivity contribution in [3.63, 3.8) is 0 Å². The molecule has 0 aliphatic carbocycles. The molecule has 4 aromatic carbocycles. The highest BCUT2D eigenvalue weighted by molar-refractivity contribution is 6.02. The van der Waals surface area contributed by atoms with Gasteiger partial charge in [0.15, 0.2) is 0 Å². The summed E-state index contributed by atoms with van der Waals surface area (Å²) < 4.78 is 45.9. The lowest BCUT2D eigenvalue weighted by Crippen LogP contribution is -2.24. The zero-order chi connectivity index (χ0) is 29.6. The summed E-state index contributed by atoms with van der Waals surface area (Å²) in [6, 6.07) is 30.6. The van der Waals surface area contributed by atoms with Crippen LogP contribution < -0.4 is 21.4 Å². The smallest absolute Gasteiger partial charge is 0.354 e. The minimum absolute atomic E-state index is 0.0280. The largest absolute Gasteiger partial charge is 0.420 e. The van der Waals surface area contributed by atoms with Gasteiger partial charge in [0.1, 0.15) is 5.57 Å². The van der Waals surface area contributed by atoms with Crippen molar-refractivity contribution in [2.75, 3.05) is 0 Å². The molecule has 44 heavy (non-hydrogen) atoms. The molecule has 0 saturated carbocycles. The molecule has 0 saturated heterocycles. The van der Waals surface area contributed by atoms with E-state index in [1.54, 1.807) is 24.3 Å². The van der Waals surface area contributed by atoms with Crippen LogP contribution in [0, 0.1) is 0 Å². The summed E-state index contributed by atoms with van der Waals surface area (Å²) in [5.74, 6) is 0. The fourth-order valence-corrected chi connectivity index (χ4v) is 6.79. The van der Waals surface area contributed by atoms with Crippen molar-refractivity contribution in [1.82, 2.24) is 19.9 Å². The highest BCUT2D eigenvalue weighted by Crippen LogP contribution is 2.37. The Hall–Kier alpha value is -5.69. The number of H-pyrrole nitrogens is 4. The molecule has 1 aliphatic rings. The molecular weight excluding hydrogens is 557 g/mol. The van der Waals surface area contributed by atoms with E-state index in [0.717, 1.165) is 43.6 Å². The van der Waals surface area contributed by atoms with Crippen LogP contribution in [0.2, 0.25) is 0 Å². The maximum absolute atomic E-state index is 15.3.